The van der Waals surface area contributed by atoms with Crippen molar-refractivity contribution in [2.24, 2.45) is 5.73 Å². The van der Waals surface area contributed by atoms with Crippen LogP contribution in [0.15, 0.2) is 108 Å². The molecule has 2 aliphatic rings. The van der Waals surface area contributed by atoms with Gasteiger partial charge in [-0.05, 0) is 40.5 Å². The lowest BCUT2D eigenvalue weighted by molar-refractivity contribution is 0.230. The van der Waals surface area contributed by atoms with Gasteiger partial charge in [0.2, 0.25) is 5.88 Å². The normalized spacial score (nSPS) is 19.7. The maximum atomic E-state index is 9.94. The molecule has 1 atom stereocenters. The van der Waals surface area contributed by atoms with Gasteiger partial charge < -0.3 is 10.5 Å². The summed E-state index contributed by atoms with van der Waals surface area (Å²) in [5.74, 6) is 0.593. The maximum Gasteiger partial charge on any atom is 0.205 e. The Kier molecular flexibility index (Phi) is 5.71. The highest BCUT2D eigenvalue weighted by atomic mass is 16.5. The molecule has 0 radical (unpaired) electrons. The number of benzene rings is 1. The molecule has 2 N–H and O–H groups in total. The second kappa shape index (κ2) is 9.11. The lowest BCUT2D eigenvalue weighted by atomic mass is 9.80. The van der Waals surface area contributed by atoms with Crippen molar-refractivity contribution in [3.8, 4) is 6.07 Å². The van der Waals surface area contributed by atoms with E-state index in [1.54, 1.807) is 18.6 Å². The summed E-state index contributed by atoms with van der Waals surface area (Å²) in [5, 5.41) is 9.94. The van der Waals surface area contributed by atoms with Crippen LogP contribution in [0.25, 0.3) is 6.08 Å². The Morgan fingerprint density at radius 3 is 2.52 bits per heavy atom. The minimum absolute atomic E-state index is 0.152. The zero-order valence-electron chi connectivity index (χ0n) is 18.1. The topological polar surface area (TPSA) is 88.1 Å². The summed E-state index contributed by atoms with van der Waals surface area (Å²) in [5.41, 5.74) is 11.9. The van der Waals surface area contributed by atoms with Crippen molar-refractivity contribution in [1.29, 1.82) is 5.26 Å². The number of nitrogens with two attached hydrogens (primary N) is 1. The van der Waals surface area contributed by atoms with Crippen LogP contribution in [0.4, 0.5) is 0 Å². The molecule has 6 heteroatoms. The van der Waals surface area contributed by atoms with E-state index >= 15 is 0 Å². The van der Waals surface area contributed by atoms with Crippen molar-refractivity contribution in [1.82, 2.24) is 14.9 Å². The third-order valence-electron chi connectivity index (χ3n) is 5.90. The first-order chi connectivity index (χ1) is 16.2. The highest BCUT2D eigenvalue weighted by Crippen LogP contribution is 2.43. The average Bonchev–Trinajstić information content (AvgIpc) is 2.85. The van der Waals surface area contributed by atoms with Gasteiger partial charge in [-0.25, -0.2) is 0 Å². The predicted molar refractivity (Wildman–Crippen MR) is 126 cm³/mol. The Bertz CT molecular complexity index is 1270. The van der Waals surface area contributed by atoms with E-state index in [0.29, 0.717) is 18.7 Å². The van der Waals surface area contributed by atoms with Crippen molar-refractivity contribution < 1.29 is 4.74 Å². The molecule has 0 fully saturated rings. The van der Waals surface area contributed by atoms with Crippen LogP contribution in [0.2, 0.25) is 0 Å². The Labute approximate surface area is 193 Å². The van der Waals surface area contributed by atoms with Gasteiger partial charge in [0.05, 0.1) is 5.92 Å². The summed E-state index contributed by atoms with van der Waals surface area (Å²) in [6.07, 6.45) is 9.19. The lowest BCUT2D eigenvalue weighted by Gasteiger charge is -2.38. The molecule has 0 saturated carbocycles. The first kappa shape index (κ1) is 20.7. The molecule has 6 nitrogen and oxygen atoms in total. The number of rotatable bonds is 4. The van der Waals surface area contributed by atoms with Crippen LogP contribution in [0.3, 0.4) is 0 Å². The van der Waals surface area contributed by atoms with E-state index in [4.69, 9.17) is 10.5 Å². The van der Waals surface area contributed by atoms with Gasteiger partial charge in [0.1, 0.15) is 17.4 Å². The fourth-order valence-electron chi connectivity index (χ4n) is 4.48. The van der Waals surface area contributed by atoms with Gasteiger partial charge in [0, 0.05) is 50.0 Å². The van der Waals surface area contributed by atoms with Gasteiger partial charge >= 0.3 is 0 Å². The van der Waals surface area contributed by atoms with E-state index in [-0.39, 0.29) is 11.8 Å². The summed E-state index contributed by atoms with van der Waals surface area (Å²) < 4.78 is 6.11. The largest absolute Gasteiger partial charge is 0.440 e. The van der Waals surface area contributed by atoms with Gasteiger partial charge in [-0.1, -0.05) is 42.5 Å². The van der Waals surface area contributed by atoms with Crippen molar-refractivity contribution >= 4 is 6.08 Å². The minimum atomic E-state index is -0.302. The number of nitriles is 1. The average molecular weight is 434 g/mol. The molecule has 0 saturated heterocycles. The van der Waals surface area contributed by atoms with E-state index in [9.17, 15) is 5.26 Å². The molecule has 2 aromatic heterocycles. The first-order valence-electron chi connectivity index (χ1n) is 10.8. The zero-order chi connectivity index (χ0) is 22.6. The Balaban J connectivity index is 1.62. The summed E-state index contributed by atoms with van der Waals surface area (Å²) in [7, 11) is 0. The molecule has 0 aliphatic carbocycles. The van der Waals surface area contributed by atoms with E-state index in [1.165, 1.54) is 5.56 Å². The van der Waals surface area contributed by atoms with E-state index in [2.05, 4.69) is 51.3 Å². The van der Waals surface area contributed by atoms with Crippen LogP contribution >= 0.6 is 0 Å². The fraction of sp³-hybridized carbons (Fsp3) is 0.148. The Morgan fingerprint density at radius 1 is 1.03 bits per heavy atom. The van der Waals surface area contributed by atoms with Crippen LogP contribution in [0.1, 0.15) is 22.6 Å². The quantitative estimate of drug-likeness (QED) is 0.665. The zero-order valence-corrected chi connectivity index (χ0v) is 18.1. The number of aromatic nitrogens is 2. The summed E-state index contributed by atoms with van der Waals surface area (Å²) in [6, 6.07) is 20.5. The molecule has 2 aliphatic heterocycles. The summed E-state index contributed by atoms with van der Waals surface area (Å²) in [6.45, 7) is 2.13. The minimum Gasteiger partial charge on any atom is -0.440 e. The second-order valence-corrected chi connectivity index (χ2v) is 8.15. The lowest BCUT2D eigenvalue weighted by Crippen LogP contribution is -2.37. The smallest absolute Gasteiger partial charge is 0.205 e. The van der Waals surface area contributed by atoms with Crippen LogP contribution in [0.5, 0.6) is 0 Å². The first-order valence-corrected chi connectivity index (χ1v) is 10.8. The van der Waals surface area contributed by atoms with Crippen molar-refractivity contribution in [2.45, 2.75) is 12.5 Å². The van der Waals surface area contributed by atoms with E-state index < -0.39 is 0 Å². The molecule has 1 aromatic carbocycles. The van der Waals surface area contributed by atoms with E-state index in [0.717, 1.165) is 34.6 Å². The number of nitrogens with zero attached hydrogens (tertiary/aromatic N) is 4. The van der Waals surface area contributed by atoms with Crippen LogP contribution in [0, 0.1) is 11.3 Å². The molecule has 33 heavy (non-hydrogen) atoms. The van der Waals surface area contributed by atoms with Crippen LogP contribution in [-0.4, -0.2) is 28.0 Å². The van der Waals surface area contributed by atoms with Gasteiger partial charge in [-0.3, -0.25) is 14.9 Å². The van der Waals surface area contributed by atoms with Gasteiger partial charge in [0.25, 0.3) is 0 Å². The number of hydrogen-bond donors (Lipinski definition) is 1. The third kappa shape index (κ3) is 4.27. The maximum absolute atomic E-state index is 9.94. The molecule has 0 bridgehead atoms. The molecular weight excluding hydrogens is 410 g/mol. The van der Waals surface area contributed by atoms with Crippen LogP contribution in [-0.2, 0) is 11.3 Å². The Morgan fingerprint density at radius 2 is 1.82 bits per heavy atom. The molecule has 5 rings (SSSR count). The molecule has 0 spiro atoms. The molecule has 0 amide bonds. The number of allylic oxidation sites excluding steroid dienone is 1. The summed E-state index contributed by atoms with van der Waals surface area (Å²) in [4.78, 5) is 10.9. The Hall–Kier alpha value is -4.21. The monoisotopic (exact) mass is 433 g/mol. The summed E-state index contributed by atoms with van der Waals surface area (Å²) >= 11 is 0. The highest BCUT2D eigenvalue weighted by molar-refractivity contribution is 5.62. The molecule has 3 aromatic rings. The second-order valence-electron chi connectivity index (χ2n) is 8.15. The SMILES string of the molecule is N#CC1=C(N)OC2=C(CN(Cc3ccccc3)C/C2=C\c2cccnc2)[C@H]1c1cccnc1. The highest BCUT2D eigenvalue weighted by Gasteiger charge is 2.37. The number of hydrogen-bond acceptors (Lipinski definition) is 6. The van der Waals surface area contributed by atoms with Gasteiger partial charge in [0.15, 0.2) is 0 Å². The molecule has 162 valence electrons. The third-order valence-corrected chi connectivity index (χ3v) is 5.90. The van der Waals surface area contributed by atoms with Crippen molar-refractivity contribution in [3.63, 3.8) is 0 Å². The molecule has 0 unspecified atom stereocenters. The number of pyridine rings is 2. The van der Waals surface area contributed by atoms with Crippen molar-refractivity contribution in [3.05, 3.63) is 124 Å². The van der Waals surface area contributed by atoms with Gasteiger partial charge in [-0.2, -0.15) is 5.26 Å². The molecular formula is C27H23N5O. The standard InChI is InChI=1S/C27H23N5O/c28-13-23-25(21-9-5-11-31-15-21)24-18-32(16-19-6-2-1-3-7-19)17-22(26(24)33-27(23)29)12-20-8-4-10-30-14-20/h1-12,14-15,25H,16-18,29H2/b22-12+/t25-/m0/s1. The van der Waals surface area contributed by atoms with Gasteiger partial charge in [-0.15, -0.1) is 0 Å². The number of ether oxygens (including phenoxy) is 1. The predicted octanol–water partition coefficient (Wildman–Crippen LogP) is 4.14. The van der Waals surface area contributed by atoms with Crippen LogP contribution < -0.4 is 5.73 Å². The van der Waals surface area contributed by atoms with E-state index in [1.807, 2.05) is 36.5 Å². The van der Waals surface area contributed by atoms with Crippen molar-refractivity contribution in [2.75, 3.05) is 13.1 Å². The fourth-order valence-corrected chi connectivity index (χ4v) is 4.48. The molecule has 4 heterocycles.